The lowest BCUT2D eigenvalue weighted by atomic mass is 9.75. The third-order valence-electron chi connectivity index (χ3n) is 5.27. The van der Waals surface area contributed by atoms with E-state index in [1.807, 2.05) is 24.3 Å². The van der Waals surface area contributed by atoms with Gasteiger partial charge in [0.05, 0.1) is 19.1 Å². The maximum atomic E-state index is 13.0. The van der Waals surface area contributed by atoms with Crippen molar-refractivity contribution in [2.45, 2.75) is 26.2 Å². The minimum Gasteiger partial charge on any atom is -0.619 e. The van der Waals surface area contributed by atoms with E-state index < -0.39 is 5.41 Å². The average Bonchev–Trinajstić information content (AvgIpc) is 2.73. The van der Waals surface area contributed by atoms with E-state index in [1.165, 1.54) is 12.4 Å². The van der Waals surface area contributed by atoms with Crippen molar-refractivity contribution in [3.8, 4) is 5.75 Å². The molecule has 1 aromatic heterocycles. The molecule has 0 saturated carbocycles. The van der Waals surface area contributed by atoms with E-state index in [-0.39, 0.29) is 25.0 Å². The maximum Gasteiger partial charge on any atom is 0.314 e. The van der Waals surface area contributed by atoms with E-state index in [1.54, 1.807) is 31.1 Å². The van der Waals surface area contributed by atoms with Gasteiger partial charge in [-0.1, -0.05) is 12.1 Å². The van der Waals surface area contributed by atoms with Crippen molar-refractivity contribution in [3.05, 3.63) is 65.1 Å². The number of pyridine rings is 1. The molecule has 29 heavy (non-hydrogen) atoms. The van der Waals surface area contributed by atoms with Crippen LogP contribution in [-0.4, -0.2) is 43.6 Å². The molecule has 0 radical (unpaired) electrons. The standard InChI is InChI=1S/C22H26N2O5/c1-3-29-21(26)22(14-17-7-4-9-19(13-17)28-2)10-6-11-23(16-22)20(25)18-8-5-12-24(27)15-18/h4-5,7-9,12-13,15H,3,6,10-11,14,16H2,1-2H3/t22-/m0/s1. The van der Waals surface area contributed by atoms with E-state index in [0.717, 1.165) is 11.3 Å². The van der Waals surface area contributed by atoms with Crippen LogP contribution in [0.1, 0.15) is 35.7 Å². The Morgan fingerprint density at radius 3 is 2.83 bits per heavy atom. The normalized spacial score (nSPS) is 18.9. The van der Waals surface area contributed by atoms with Gasteiger partial charge in [0.25, 0.3) is 5.91 Å². The number of methoxy groups -OCH3 is 1. The molecule has 0 aliphatic carbocycles. The third kappa shape index (κ3) is 4.67. The van der Waals surface area contributed by atoms with Crippen molar-refractivity contribution in [1.29, 1.82) is 0 Å². The average molecular weight is 398 g/mol. The van der Waals surface area contributed by atoms with Crippen molar-refractivity contribution < 1.29 is 23.8 Å². The van der Waals surface area contributed by atoms with Crippen LogP contribution in [0, 0.1) is 10.6 Å². The van der Waals surface area contributed by atoms with Gasteiger partial charge in [-0.15, -0.1) is 0 Å². The van der Waals surface area contributed by atoms with Crippen molar-refractivity contribution in [2.75, 3.05) is 26.8 Å². The molecule has 1 aromatic carbocycles. The first-order chi connectivity index (χ1) is 14.0. The maximum absolute atomic E-state index is 13.0. The van der Waals surface area contributed by atoms with Gasteiger partial charge in [-0.2, -0.15) is 4.73 Å². The fraction of sp³-hybridized carbons (Fsp3) is 0.409. The molecule has 7 heteroatoms. The quantitative estimate of drug-likeness (QED) is 0.424. The van der Waals surface area contributed by atoms with E-state index in [4.69, 9.17) is 9.47 Å². The van der Waals surface area contributed by atoms with Crippen LogP contribution in [0.4, 0.5) is 0 Å². The summed E-state index contributed by atoms with van der Waals surface area (Å²) in [5.41, 5.74) is 0.422. The monoisotopic (exact) mass is 398 g/mol. The van der Waals surface area contributed by atoms with Crippen LogP contribution in [-0.2, 0) is 16.0 Å². The van der Waals surface area contributed by atoms with Gasteiger partial charge < -0.3 is 19.6 Å². The Bertz CT molecular complexity index is 885. The lowest BCUT2D eigenvalue weighted by molar-refractivity contribution is -0.605. The summed E-state index contributed by atoms with van der Waals surface area (Å²) >= 11 is 0. The molecule has 2 aromatic rings. The minimum atomic E-state index is -0.835. The van der Waals surface area contributed by atoms with Gasteiger partial charge in [0.1, 0.15) is 11.3 Å². The largest absolute Gasteiger partial charge is 0.619 e. The number of amides is 1. The molecular weight excluding hydrogens is 372 g/mol. The predicted octanol–water partition coefficient (Wildman–Crippen LogP) is 2.36. The molecule has 154 valence electrons. The first-order valence-corrected chi connectivity index (χ1v) is 9.76. The van der Waals surface area contributed by atoms with E-state index in [0.29, 0.717) is 36.1 Å². The fourth-order valence-corrected chi connectivity index (χ4v) is 3.91. The summed E-state index contributed by atoms with van der Waals surface area (Å²) in [6.07, 6.45) is 4.34. The van der Waals surface area contributed by atoms with Crippen LogP contribution in [0.5, 0.6) is 5.75 Å². The molecule has 0 spiro atoms. The van der Waals surface area contributed by atoms with E-state index >= 15 is 0 Å². The number of ether oxygens (including phenoxy) is 2. The zero-order valence-electron chi connectivity index (χ0n) is 16.8. The van der Waals surface area contributed by atoms with Crippen molar-refractivity contribution in [2.24, 2.45) is 5.41 Å². The topological polar surface area (TPSA) is 82.8 Å². The molecule has 3 rings (SSSR count). The summed E-state index contributed by atoms with van der Waals surface area (Å²) in [5.74, 6) is 0.163. The number of hydrogen-bond acceptors (Lipinski definition) is 5. The number of esters is 1. The lowest BCUT2D eigenvalue weighted by Crippen LogP contribution is -2.51. The number of nitrogens with zero attached hydrogens (tertiary/aromatic N) is 2. The predicted molar refractivity (Wildman–Crippen MR) is 106 cm³/mol. The summed E-state index contributed by atoms with van der Waals surface area (Å²) in [6.45, 7) is 2.84. The number of rotatable bonds is 6. The number of carbonyl (C=O) groups excluding carboxylic acids is 2. The molecule has 1 aliphatic heterocycles. The number of benzene rings is 1. The Kier molecular flexibility index (Phi) is 6.36. The second-order valence-electron chi connectivity index (χ2n) is 7.31. The zero-order chi connectivity index (χ0) is 20.9. The molecule has 1 fully saturated rings. The van der Waals surface area contributed by atoms with E-state index in [2.05, 4.69) is 0 Å². The highest BCUT2D eigenvalue weighted by atomic mass is 16.5. The number of likely N-dealkylation sites (tertiary alicyclic amines) is 1. The lowest BCUT2D eigenvalue weighted by Gasteiger charge is -2.41. The van der Waals surface area contributed by atoms with Crippen molar-refractivity contribution >= 4 is 11.9 Å². The summed E-state index contributed by atoms with van der Waals surface area (Å²) in [4.78, 5) is 27.6. The molecule has 1 amide bonds. The van der Waals surface area contributed by atoms with Gasteiger partial charge in [0, 0.05) is 19.2 Å². The molecule has 0 unspecified atom stereocenters. The Hall–Kier alpha value is -3.09. The first-order valence-electron chi connectivity index (χ1n) is 9.76. The molecule has 1 saturated heterocycles. The molecule has 1 atom stereocenters. The van der Waals surface area contributed by atoms with Gasteiger partial charge in [0.15, 0.2) is 12.4 Å². The Morgan fingerprint density at radius 2 is 2.10 bits per heavy atom. The summed E-state index contributed by atoms with van der Waals surface area (Å²) in [7, 11) is 1.60. The van der Waals surface area contributed by atoms with Crippen LogP contribution in [0.2, 0.25) is 0 Å². The summed E-state index contributed by atoms with van der Waals surface area (Å²) < 4.78 is 11.3. The van der Waals surface area contributed by atoms with Gasteiger partial charge in [-0.05, 0) is 49.9 Å². The van der Waals surface area contributed by atoms with E-state index in [9.17, 15) is 14.8 Å². The van der Waals surface area contributed by atoms with Crippen LogP contribution in [0.25, 0.3) is 0 Å². The fourth-order valence-electron chi connectivity index (χ4n) is 3.91. The second kappa shape index (κ2) is 8.94. The van der Waals surface area contributed by atoms with Gasteiger partial charge in [0.2, 0.25) is 0 Å². The molecule has 2 heterocycles. The van der Waals surface area contributed by atoms with Crippen molar-refractivity contribution in [1.82, 2.24) is 4.90 Å². The highest BCUT2D eigenvalue weighted by molar-refractivity contribution is 5.94. The number of hydrogen-bond donors (Lipinski definition) is 0. The van der Waals surface area contributed by atoms with Crippen LogP contribution in [0.3, 0.4) is 0 Å². The first kappa shape index (κ1) is 20.6. The number of piperidine rings is 1. The summed E-state index contributed by atoms with van der Waals surface area (Å²) in [6, 6.07) is 10.7. The number of carbonyl (C=O) groups is 2. The van der Waals surface area contributed by atoms with Gasteiger partial charge in [-0.25, -0.2) is 0 Å². The Labute approximate surface area is 170 Å². The van der Waals surface area contributed by atoms with Gasteiger partial charge in [-0.3, -0.25) is 9.59 Å². The van der Waals surface area contributed by atoms with Crippen LogP contribution in [0.15, 0.2) is 48.8 Å². The van der Waals surface area contributed by atoms with Gasteiger partial charge >= 0.3 is 5.97 Å². The molecular formula is C22H26N2O5. The summed E-state index contributed by atoms with van der Waals surface area (Å²) in [5, 5.41) is 11.6. The number of aromatic nitrogens is 1. The highest BCUT2D eigenvalue weighted by Gasteiger charge is 2.45. The zero-order valence-corrected chi connectivity index (χ0v) is 16.8. The minimum absolute atomic E-state index is 0.246. The third-order valence-corrected chi connectivity index (χ3v) is 5.27. The second-order valence-corrected chi connectivity index (χ2v) is 7.31. The Balaban J connectivity index is 1.89. The smallest absolute Gasteiger partial charge is 0.314 e. The molecule has 0 bridgehead atoms. The van der Waals surface area contributed by atoms with Crippen LogP contribution < -0.4 is 9.47 Å². The van der Waals surface area contributed by atoms with Crippen LogP contribution >= 0.6 is 0 Å². The highest BCUT2D eigenvalue weighted by Crippen LogP contribution is 2.36. The Morgan fingerprint density at radius 1 is 1.28 bits per heavy atom. The molecule has 7 nitrogen and oxygen atoms in total. The van der Waals surface area contributed by atoms with Crippen molar-refractivity contribution in [3.63, 3.8) is 0 Å². The molecule has 1 aliphatic rings. The molecule has 0 N–H and O–H groups in total. The SMILES string of the molecule is CCOC(=O)[C@]1(Cc2cccc(OC)c2)CCCN(C(=O)c2ccc[n+]([O-])c2)C1.